The summed E-state index contributed by atoms with van der Waals surface area (Å²) in [6.45, 7) is 0.714. The number of amides is 1. The Kier molecular flexibility index (Phi) is 4.29. The third-order valence-electron chi connectivity index (χ3n) is 3.61. The minimum atomic E-state index is 0.203. The molecular formula is C16H19N3OS. The predicted molar refractivity (Wildman–Crippen MR) is 83.9 cm³/mol. The fourth-order valence-electron chi connectivity index (χ4n) is 2.29. The van der Waals surface area contributed by atoms with Crippen LogP contribution in [0.25, 0.3) is 0 Å². The molecule has 21 heavy (non-hydrogen) atoms. The summed E-state index contributed by atoms with van der Waals surface area (Å²) in [7, 11) is 1.95. The van der Waals surface area contributed by atoms with E-state index in [1.165, 1.54) is 17.3 Å². The number of rotatable bonds is 6. The van der Waals surface area contributed by atoms with Gasteiger partial charge in [-0.05, 0) is 18.4 Å². The Hall–Kier alpha value is -1.75. The Bertz CT molecular complexity index is 607. The summed E-state index contributed by atoms with van der Waals surface area (Å²) in [4.78, 5) is 18.8. The van der Waals surface area contributed by atoms with E-state index in [4.69, 9.17) is 0 Å². The normalized spacial score (nSPS) is 14.1. The van der Waals surface area contributed by atoms with E-state index in [2.05, 4.69) is 17.1 Å². The zero-order valence-electron chi connectivity index (χ0n) is 12.1. The van der Waals surface area contributed by atoms with Crippen molar-refractivity contribution in [2.24, 2.45) is 7.05 Å². The molecule has 2 aromatic rings. The number of benzene rings is 1. The maximum Gasteiger partial charge on any atom is 0.233 e. The highest BCUT2D eigenvalue weighted by atomic mass is 32.2. The van der Waals surface area contributed by atoms with Crippen LogP contribution in [0.3, 0.4) is 0 Å². The van der Waals surface area contributed by atoms with Crippen molar-refractivity contribution in [3.63, 3.8) is 0 Å². The fraction of sp³-hybridized carbons (Fsp3) is 0.375. The van der Waals surface area contributed by atoms with E-state index < -0.39 is 0 Å². The Balaban J connectivity index is 1.61. The first-order valence-corrected chi connectivity index (χ1v) is 8.16. The van der Waals surface area contributed by atoms with Crippen LogP contribution in [0, 0.1) is 0 Å². The molecule has 5 heteroatoms. The van der Waals surface area contributed by atoms with Crippen LogP contribution in [0.2, 0.25) is 0 Å². The molecule has 1 aromatic heterocycles. The topological polar surface area (TPSA) is 38.1 Å². The standard InChI is InChI=1S/C16H19N3OS/c1-18-10-9-17-16(18)21-12-15(20)19(14-7-8-14)11-13-5-3-2-4-6-13/h2-6,9-10,14H,7-8,11-12H2,1H3. The number of nitrogens with zero attached hydrogens (tertiary/aromatic N) is 3. The second kappa shape index (κ2) is 6.35. The van der Waals surface area contributed by atoms with Gasteiger partial charge in [0, 0.05) is 32.0 Å². The number of carbonyl (C=O) groups is 1. The number of aromatic nitrogens is 2. The minimum absolute atomic E-state index is 0.203. The van der Waals surface area contributed by atoms with Crippen molar-refractivity contribution in [1.29, 1.82) is 0 Å². The van der Waals surface area contributed by atoms with Crippen molar-refractivity contribution in [1.82, 2.24) is 14.5 Å². The number of hydrogen-bond donors (Lipinski definition) is 0. The van der Waals surface area contributed by atoms with Crippen molar-refractivity contribution in [2.45, 2.75) is 30.6 Å². The molecule has 1 heterocycles. The van der Waals surface area contributed by atoms with E-state index >= 15 is 0 Å². The van der Waals surface area contributed by atoms with Gasteiger partial charge < -0.3 is 9.47 Å². The summed E-state index contributed by atoms with van der Waals surface area (Å²) in [6.07, 6.45) is 5.92. The van der Waals surface area contributed by atoms with E-state index in [-0.39, 0.29) is 5.91 Å². The third kappa shape index (κ3) is 3.67. The van der Waals surface area contributed by atoms with Crippen molar-refractivity contribution < 1.29 is 4.79 Å². The molecule has 4 nitrogen and oxygen atoms in total. The summed E-state index contributed by atoms with van der Waals surface area (Å²) in [5.41, 5.74) is 1.19. The van der Waals surface area contributed by atoms with Gasteiger partial charge in [-0.15, -0.1) is 0 Å². The molecule has 1 fully saturated rings. The van der Waals surface area contributed by atoms with E-state index in [0.29, 0.717) is 18.3 Å². The van der Waals surface area contributed by atoms with Crippen LogP contribution >= 0.6 is 11.8 Å². The molecule has 0 spiro atoms. The van der Waals surface area contributed by atoms with Gasteiger partial charge in [0.05, 0.1) is 5.75 Å². The SMILES string of the molecule is Cn1ccnc1SCC(=O)N(Cc1ccccc1)C1CC1. The van der Waals surface area contributed by atoms with Crippen molar-refractivity contribution in [3.8, 4) is 0 Å². The zero-order valence-corrected chi connectivity index (χ0v) is 12.9. The average molecular weight is 301 g/mol. The van der Waals surface area contributed by atoms with Gasteiger partial charge in [0.1, 0.15) is 0 Å². The number of aryl methyl sites for hydroxylation is 1. The van der Waals surface area contributed by atoms with Gasteiger partial charge >= 0.3 is 0 Å². The number of carbonyl (C=O) groups excluding carboxylic acids is 1. The monoisotopic (exact) mass is 301 g/mol. The predicted octanol–water partition coefficient (Wildman–Crippen LogP) is 2.70. The Morgan fingerprint density at radius 2 is 2.14 bits per heavy atom. The lowest BCUT2D eigenvalue weighted by molar-refractivity contribution is -0.129. The molecule has 1 amide bonds. The molecule has 0 radical (unpaired) electrons. The van der Waals surface area contributed by atoms with Crippen LogP contribution in [0.1, 0.15) is 18.4 Å². The molecule has 1 aliphatic carbocycles. The highest BCUT2D eigenvalue weighted by Crippen LogP contribution is 2.29. The molecule has 0 aliphatic heterocycles. The molecular weight excluding hydrogens is 282 g/mol. The van der Waals surface area contributed by atoms with Crippen LogP contribution in [0.4, 0.5) is 0 Å². The molecule has 0 saturated heterocycles. The fourth-order valence-corrected chi connectivity index (χ4v) is 3.11. The van der Waals surface area contributed by atoms with Gasteiger partial charge in [-0.25, -0.2) is 4.98 Å². The Morgan fingerprint density at radius 1 is 1.38 bits per heavy atom. The summed E-state index contributed by atoms with van der Waals surface area (Å²) in [5, 5.41) is 0.888. The molecule has 0 bridgehead atoms. The van der Waals surface area contributed by atoms with E-state index in [0.717, 1.165) is 18.0 Å². The molecule has 0 atom stereocenters. The van der Waals surface area contributed by atoms with E-state index in [1.54, 1.807) is 6.20 Å². The minimum Gasteiger partial charge on any atom is -0.335 e. The van der Waals surface area contributed by atoms with Crippen LogP contribution in [0.5, 0.6) is 0 Å². The average Bonchev–Trinajstić information content (AvgIpc) is 3.26. The summed E-state index contributed by atoms with van der Waals surface area (Å²) >= 11 is 1.51. The quantitative estimate of drug-likeness (QED) is 0.770. The lowest BCUT2D eigenvalue weighted by atomic mass is 10.2. The summed E-state index contributed by atoms with van der Waals surface area (Å²) < 4.78 is 1.94. The molecule has 0 N–H and O–H groups in total. The van der Waals surface area contributed by atoms with Gasteiger partial charge in [0.25, 0.3) is 0 Å². The molecule has 1 aromatic carbocycles. The Labute approximate surface area is 129 Å². The van der Waals surface area contributed by atoms with Crippen LogP contribution < -0.4 is 0 Å². The van der Waals surface area contributed by atoms with Gasteiger partial charge in [-0.3, -0.25) is 4.79 Å². The second-order valence-electron chi connectivity index (χ2n) is 5.35. The first-order valence-electron chi connectivity index (χ1n) is 7.17. The van der Waals surface area contributed by atoms with Gasteiger partial charge in [-0.1, -0.05) is 42.1 Å². The van der Waals surface area contributed by atoms with Crippen LogP contribution in [-0.2, 0) is 18.4 Å². The van der Waals surface area contributed by atoms with Crippen molar-refractivity contribution in [2.75, 3.05) is 5.75 Å². The van der Waals surface area contributed by atoms with E-state index in [9.17, 15) is 4.79 Å². The highest BCUT2D eigenvalue weighted by molar-refractivity contribution is 7.99. The Morgan fingerprint density at radius 3 is 2.76 bits per heavy atom. The molecule has 1 aliphatic rings. The van der Waals surface area contributed by atoms with Gasteiger partial charge in [0.2, 0.25) is 5.91 Å². The molecule has 1 saturated carbocycles. The van der Waals surface area contributed by atoms with Crippen molar-refractivity contribution >= 4 is 17.7 Å². The van der Waals surface area contributed by atoms with Gasteiger partial charge in [0.15, 0.2) is 5.16 Å². The smallest absolute Gasteiger partial charge is 0.233 e. The van der Waals surface area contributed by atoms with Crippen molar-refractivity contribution in [3.05, 3.63) is 48.3 Å². The number of hydrogen-bond acceptors (Lipinski definition) is 3. The maximum atomic E-state index is 12.5. The largest absolute Gasteiger partial charge is 0.335 e. The first-order chi connectivity index (χ1) is 10.2. The molecule has 3 rings (SSSR count). The lowest BCUT2D eigenvalue weighted by Crippen LogP contribution is -2.34. The van der Waals surface area contributed by atoms with Crippen LogP contribution in [-0.4, -0.2) is 32.2 Å². The highest BCUT2D eigenvalue weighted by Gasteiger charge is 2.32. The summed E-state index contributed by atoms with van der Waals surface area (Å²) in [5.74, 6) is 0.656. The lowest BCUT2D eigenvalue weighted by Gasteiger charge is -2.22. The molecule has 0 unspecified atom stereocenters. The van der Waals surface area contributed by atoms with Crippen LogP contribution in [0.15, 0.2) is 47.9 Å². The van der Waals surface area contributed by atoms with Gasteiger partial charge in [-0.2, -0.15) is 0 Å². The number of thioether (sulfide) groups is 1. The third-order valence-corrected chi connectivity index (χ3v) is 4.65. The zero-order chi connectivity index (χ0) is 14.7. The second-order valence-corrected chi connectivity index (χ2v) is 6.29. The number of imidazole rings is 1. The first kappa shape index (κ1) is 14.2. The summed E-state index contributed by atoms with van der Waals surface area (Å²) in [6, 6.07) is 10.6. The maximum absolute atomic E-state index is 12.5. The molecule has 110 valence electrons. The van der Waals surface area contributed by atoms with E-state index in [1.807, 2.05) is 40.9 Å².